The molecule has 4 aromatic rings. The van der Waals surface area contributed by atoms with Gasteiger partial charge in [-0.2, -0.15) is 15.6 Å². The third kappa shape index (κ3) is 5.13. The second-order valence-corrected chi connectivity index (χ2v) is 10.2. The summed E-state index contributed by atoms with van der Waals surface area (Å²) >= 11 is 1.55. The van der Waals surface area contributed by atoms with Crippen molar-refractivity contribution in [3.05, 3.63) is 47.2 Å². The molecule has 0 spiro atoms. The molecule has 1 aliphatic rings. The Kier molecular flexibility index (Phi) is 6.80. The fourth-order valence-electron chi connectivity index (χ4n) is 4.69. The van der Waals surface area contributed by atoms with Crippen LogP contribution in [0.1, 0.15) is 56.0 Å². The molecule has 1 aliphatic carbocycles. The normalized spacial score (nSPS) is 18.1. The number of hydrogen-bond acceptors (Lipinski definition) is 9. The molecule has 11 heteroatoms. The van der Waals surface area contributed by atoms with Gasteiger partial charge in [0.05, 0.1) is 40.3 Å². The Hall–Kier alpha value is -4.35. The molecule has 1 amide bonds. The molecule has 1 atom stereocenters. The summed E-state index contributed by atoms with van der Waals surface area (Å²) in [5.74, 6) is 0.328. The summed E-state index contributed by atoms with van der Waals surface area (Å²) in [6, 6.07) is 11.6. The highest BCUT2D eigenvalue weighted by molar-refractivity contribution is 7.14. The van der Waals surface area contributed by atoms with Crippen molar-refractivity contribution < 1.29 is 4.79 Å². The highest BCUT2D eigenvalue weighted by Crippen LogP contribution is 2.39. The Morgan fingerprint density at radius 1 is 1.16 bits per heavy atom. The molecule has 0 aromatic carbocycles. The minimum atomic E-state index is -0.425. The number of pyridine rings is 1. The fraction of sp³-hybridized carbons (Fsp3) is 0.346. The van der Waals surface area contributed by atoms with Crippen LogP contribution in [0.3, 0.4) is 0 Å². The van der Waals surface area contributed by atoms with Gasteiger partial charge < -0.3 is 10.6 Å². The predicted octanol–water partition coefficient (Wildman–Crippen LogP) is 4.27. The van der Waals surface area contributed by atoms with E-state index >= 15 is 0 Å². The van der Waals surface area contributed by atoms with Gasteiger partial charge in [-0.25, -0.2) is 4.52 Å². The molecule has 0 radical (unpaired) electrons. The van der Waals surface area contributed by atoms with Crippen molar-refractivity contribution >= 4 is 28.4 Å². The second kappa shape index (κ2) is 10.3. The molecule has 0 saturated heterocycles. The van der Waals surface area contributed by atoms with E-state index in [-0.39, 0.29) is 11.9 Å². The minimum absolute atomic E-state index is 0.0140. The SMILES string of the molecule is CC(=O)N[C@H]1CC[C@H](c2nnc(-c3cnc(-c4ccc5cc(C#N)cnn45)cc3N[C@H](C)C#N)s2)CC1. The first-order valence-electron chi connectivity index (χ1n) is 12.1. The van der Waals surface area contributed by atoms with Crippen LogP contribution in [0.5, 0.6) is 0 Å². The number of nitrogens with zero attached hydrogens (tertiary/aromatic N) is 7. The zero-order chi connectivity index (χ0) is 25.9. The number of fused-ring (bicyclic) bond motifs is 1. The lowest BCUT2D eigenvalue weighted by Crippen LogP contribution is -2.35. The van der Waals surface area contributed by atoms with Crippen molar-refractivity contribution in [2.24, 2.45) is 0 Å². The largest absolute Gasteiger partial charge is 0.369 e. The van der Waals surface area contributed by atoms with Gasteiger partial charge in [0.2, 0.25) is 5.91 Å². The maximum Gasteiger partial charge on any atom is 0.217 e. The van der Waals surface area contributed by atoms with E-state index in [4.69, 9.17) is 10.2 Å². The van der Waals surface area contributed by atoms with E-state index in [0.29, 0.717) is 17.2 Å². The molecule has 0 aliphatic heterocycles. The van der Waals surface area contributed by atoms with Gasteiger partial charge in [-0.15, -0.1) is 10.2 Å². The van der Waals surface area contributed by atoms with Crippen LogP contribution in [0.2, 0.25) is 0 Å². The average Bonchev–Trinajstić information content (AvgIpc) is 3.56. The van der Waals surface area contributed by atoms with Gasteiger partial charge >= 0.3 is 0 Å². The summed E-state index contributed by atoms with van der Waals surface area (Å²) in [5, 5.41) is 39.9. The molecule has 2 N–H and O–H groups in total. The maximum atomic E-state index is 11.4. The molecule has 1 fully saturated rings. The average molecular weight is 512 g/mol. The summed E-state index contributed by atoms with van der Waals surface area (Å²) < 4.78 is 1.74. The zero-order valence-electron chi connectivity index (χ0n) is 20.5. The van der Waals surface area contributed by atoms with E-state index in [1.165, 1.54) is 6.20 Å². The summed E-state index contributed by atoms with van der Waals surface area (Å²) in [6.07, 6.45) is 7.04. The van der Waals surface area contributed by atoms with E-state index in [9.17, 15) is 10.1 Å². The van der Waals surface area contributed by atoms with Crippen LogP contribution >= 0.6 is 11.3 Å². The first kappa shape index (κ1) is 24.3. The van der Waals surface area contributed by atoms with Gasteiger partial charge in [-0.3, -0.25) is 9.78 Å². The van der Waals surface area contributed by atoms with E-state index in [0.717, 1.165) is 58.2 Å². The van der Waals surface area contributed by atoms with Crippen molar-refractivity contribution in [2.75, 3.05) is 5.32 Å². The van der Waals surface area contributed by atoms with E-state index in [2.05, 4.69) is 38.1 Å². The fourth-order valence-corrected chi connectivity index (χ4v) is 5.72. The maximum absolute atomic E-state index is 11.4. The van der Waals surface area contributed by atoms with Crippen LogP contribution in [0.4, 0.5) is 5.69 Å². The Balaban J connectivity index is 1.44. The number of aromatic nitrogens is 5. The number of nitriles is 2. The van der Waals surface area contributed by atoms with E-state index in [1.54, 1.807) is 42.0 Å². The number of carbonyl (C=O) groups excluding carboxylic acids is 1. The lowest BCUT2D eigenvalue weighted by atomic mass is 9.86. The van der Waals surface area contributed by atoms with Crippen molar-refractivity contribution in [3.63, 3.8) is 0 Å². The minimum Gasteiger partial charge on any atom is -0.369 e. The number of nitrogens with one attached hydrogen (secondary N) is 2. The van der Waals surface area contributed by atoms with Crippen LogP contribution in [0.15, 0.2) is 36.7 Å². The lowest BCUT2D eigenvalue weighted by molar-refractivity contribution is -0.119. The van der Waals surface area contributed by atoms with Crippen molar-refractivity contribution in [1.29, 1.82) is 10.5 Å². The number of amides is 1. The summed E-state index contributed by atoms with van der Waals surface area (Å²) in [5.41, 5.74) is 4.24. The quantitative estimate of drug-likeness (QED) is 0.390. The van der Waals surface area contributed by atoms with E-state index in [1.807, 2.05) is 18.2 Å². The number of carbonyl (C=O) groups is 1. The molecule has 37 heavy (non-hydrogen) atoms. The van der Waals surface area contributed by atoms with Gasteiger partial charge in [0.25, 0.3) is 0 Å². The smallest absolute Gasteiger partial charge is 0.217 e. The van der Waals surface area contributed by atoms with Crippen LogP contribution in [0, 0.1) is 22.7 Å². The number of anilines is 1. The summed E-state index contributed by atoms with van der Waals surface area (Å²) in [6.45, 7) is 3.35. The molecule has 4 aromatic heterocycles. The summed E-state index contributed by atoms with van der Waals surface area (Å²) in [4.78, 5) is 16.1. The Morgan fingerprint density at radius 3 is 2.70 bits per heavy atom. The number of hydrogen-bond donors (Lipinski definition) is 2. The van der Waals surface area contributed by atoms with Crippen LogP contribution < -0.4 is 10.6 Å². The predicted molar refractivity (Wildman–Crippen MR) is 140 cm³/mol. The Morgan fingerprint density at radius 2 is 1.97 bits per heavy atom. The summed E-state index contributed by atoms with van der Waals surface area (Å²) in [7, 11) is 0. The third-order valence-electron chi connectivity index (χ3n) is 6.52. The molecule has 0 bridgehead atoms. The topological polar surface area (TPSA) is 145 Å². The van der Waals surface area contributed by atoms with Gasteiger partial charge in [0.1, 0.15) is 17.1 Å². The Bertz CT molecular complexity index is 1540. The number of rotatable bonds is 6. The molecular weight excluding hydrogens is 486 g/mol. The van der Waals surface area contributed by atoms with E-state index < -0.39 is 6.04 Å². The first-order valence-corrected chi connectivity index (χ1v) is 12.9. The second-order valence-electron chi connectivity index (χ2n) is 9.22. The van der Waals surface area contributed by atoms with Gasteiger partial charge in [-0.05, 0) is 56.9 Å². The zero-order valence-corrected chi connectivity index (χ0v) is 21.3. The monoisotopic (exact) mass is 511 g/mol. The molecule has 5 rings (SSSR count). The third-order valence-corrected chi connectivity index (χ3v) is 7.64. The van der Waals surface area contributed by atoms with Gasteiger partial charge in [0, 0.05) is 30.8 Å². The van der Waals surface area contributed by atoms with Crippen LogP contribution in [0.25, 0.3) is 27.5 Å². The van der Waals surface area contributed by atoms with Gasteiger partial charge in [0.15, 0.2) is 5.01 Å². The molecule has 186 valence electrons. The highest BCUT2D eigenvalue weighted by Gasteiger charge is 2.26. The van der Waals surface area contributed by atoms with Crippen LogP contribution in [-0.4, -0.2) is 42.8 Å². The van der Waals surface area contributed by atoms with Crippen LogP contribution in [-0.2, 0) is 4.79 Å². The van der Waals surface area contributed by atoms with Crippen molar-refractivity contribution in [1.82, 2.24) is 30.1 Å². The standard InChI is InChI=1S/C26H25N9OS/c1-15(11-27)31-22-10-23(24-8-7-20-9-17(12-28)13-30-35(20)24)29-14-21(22)26-34-33-25(37-26)18-3-5-19(6-4-18)32-16(2)36/h7-10,13-15,18-19H,3-6H2,1-2H3,(H,29,31)(H,32,36)/t15-,18-,19-/m1/s1. The molecule has 1 saturated carbocycles. The van der Waals surface area contributed by atoms with Crippen molar-refractivity contribution in [2.45, 2.75) is 57.5 Å². The Labute approximate surface area is 218 Å². The lowest BCUT2D eigenvalue weighted by Gasteiger charge is -2.27. The van der Waals surface area contributed by atoms with Gasteiger partial charge in [-0.1, -0.05) is 11.3 Å². The van der Waals surface area contributed by atoms with Crippen molar-refractivity contribution in [3.8, 4) is 34.1 Å². The molecule has 10 nitrogen and oxygen atoms in total. The highest BCUT2D eigenvalue weighted by atomic mass is 32.1. The first-order chi connectivity index (χ1) is 17.9. The molecule has 4 heterocycles. The molecular formula is C26H25N9OS. The molecule has 0 unspecified atom stereocenters.